The molecule has 0 aliphatic carbocycles. The molecule has 146 valence electrons. The van der Waals surface area contributed by atoms with E-state index in [1.54, 1.807) is 19.4 Å². The highest BCUT2D eigenvalue weighted by Crippen LogP contribution is 2.22. The number of hydrogen-bond donors (Lipinski definition) is 2. The summed E-state index contributed by atoms with van der Waals surface area (Å²) in [5.74, 6) is 0.467. The smallest absolute Gasteiger partial charge is 0.333 e. The predicted molar refractivity (Wildman–Crippen MR) is 105 cm³/mol. The Morgan fingerprint density at radius 1 is 1.14 bits per heavy atom. The van der Waals surface area contributed by atoms with Gasteiger partial charge in [0.1, 0.15) is 11.5 Å². The Morgan fingerprint density at radius 2 is 1.82 bits per heavy atom. The minimum Gasteiger partial charge on any atom is -0.479 e. The lowest BCUT2D eigenvalue weighted by atomic mass is 10.2. The molecule has 0 saturated heterocycles. The van der Waals surface area contributed by atoms with Gasteiger partial charge < -0.3 is 24.9 Å². The molecule has 0 saturated carbocycles. The van der Waals surface area contributed by atoms with Crippen molar-refractivity contribution in [1.82, 2.24) is 9.55 Å². The van der Waals surface area contributed by atoms with Crippen LogP contribution in [0.3, 0.4) is 0 Å². The summed E-state index contributed by atoms with van der Waals surface area (Å²) < 4.78 is 13.1. The average molecular weight is 381 g/mol. The number of aromatic nitrogens is 2. The van der Waals surface area contributed by atoms with Crippen LogP contribution >= 0.6 is 0 Å². The van der Waals surface area contributed by atoms with Gasteiger partial charge in [-0.2, -0.15) is 0 Å². The van der Waals surface area contributed by atoms with Gasteiger partial charge in [-0.25, -0.2) is 9.78 Å². The Bertz CT molecular complexity index is 894. The van der Waals surface area contributed by atoms with Gasteiger partial charge in [0.15, 0.2) is 6.10 Å². The maximum absolute atomic E-state index is 11.4. The first-order chi connectivity index (χ1) is 13.5. The van der Waals surface area contributed by atoms with E-state index in [2.05, 4.69) is 4.98 Å². The van der Waals surface area contributed by atoms with Gasteiger partial charge in [0.2, 0.25) is 0 Å². The van der Waals surface area contributed by atoms with Gasteiger partial charge in [0.05, 0.1) is 18.1 Å². The number of imidazole rings is 1. The number of carboxylic acid groups (broad SMARTS) is 1. The van der Waals surface area contributed by atoms with Crippen molar-refractivity contribution >= 4 is 5.97 Å². The molecule has 3 N–H and O–H groups in total. The van der Waals surface area contributed by atoms with Crippen LogP contribution in [-0.4, -0.2) is 39.4 Å². The first kappa shape index (κ1) is 19.6. The van der Waals surface area contributed by atoms with Gasteiger partial charge in [0, 0.05) is 24.8 Å². The van der Waals surface area contributed by atoms with Gasteiger partial charge in [-0.3, -0.25) is 0 Å². The van der Waals surface area contributed by atoms with E-state index in [1.807, 2.05) is 59.2 Å². The third-order valence-corrected chi connectivity index (χ3v) is 4.15. The monoisotopic (exact) mass is 381 g/mol. The molecule has 7 nitrogen and oxygen atoms in total. The van der Waals surface area contributed by atoms with E-state index in [9.17, 15) is 9.90 Å². The number of aliphatic carboxylic acids is 1. The lowest BCUT2D eigenvalue weighted by molar-refractivity contribution is -0.153. The van der Waals surface area contributed by atoms with Crippen LogP contribution in [0.5, 0.6) is 11.5 Å². The second-order valence-electron chi connectivity index (χ2n) is 6.39. The van der Waals surface area contributed by atoms with Crippen LogP contribution in [0.2, 0.25) is 0 Å². The topological polar surface area (TPSA) is 99.6 Å². The van der Waals surface area contributed by atoms with Crippen LogP contribution in [0.1, 0.15) is 12.6 Å². The van der Waals surface area contributed by atoms with Crippen LogP contribution in [0.4, 0.5) is 0 Å². The van der Waals surface area contributed by atoms with Crippen molar-refractivity contribution in [3.63, 3.8) is 0 Å². The van der Waals surface area contributed by atoms with E-state index >= 15 is 0 Å². The van der Waals surface area contributed by atoms with Crippen molar-refractivity contribution in [3.05, 3.63) is 72.8 Å². The zero-order valence-corrected chi connectivity index (χ0v) is 15.6. The minimum absolute atomic E-state index is 0.169. The van der Waals surface area contributed by atoms with Gasteiger partial charge >= 0.3 is 5.97 Å². The number of nitrogens with two attached hydrogens (primary N) is 1. The standard InChI is InChI=1S/C21H23N3O4/c1-15(12-22)27-20(21(25)26)11-16-13-24(14-23-16)17-7-9-19(10-8-17)28-18-5-3-2-4-6-18/h2-10,13-15,20H,11-12,22H2,1H3,(H,25,26). The summed E-state index contributed by atoms with van der Waals surface area (Å²) in [6.45, 7) is 2.00. The summed E-state index contributed by atoms with van der Waals surface area (Å²) >= 11 is 0. The molecule has 2 unspecified atom stereocenters. The Balaban J connectivity index is 1.66. The fourth-order valence-electron chi connectivity index (χ4n) is 2.64. The van der Waals surface area contributed by atoms with Gasteiger partial charge in [-0.1, -0.05) is 18.2 Å². The Kier molecular flexibility index (Phi) is 6.41. The second-order valence-corrected chi connectivity index (χ2v) is 6.39. The first-order valence-corrected chi connectivity index (χ1v) is 8.99. The first-order valence-electron chi connectivity index (χ1n) is 8.99. The van der Waals surface area contributed by atoms with E-state index in [1.165, 1.54) is 0 Å². The molecule has 1 heterocycles. The molecular weight excluding hydrogens is 358 g/mol. The number of rotatable bonds is 9. The molecule has 0 radical (unpaired) electrons. The molecule has 3 aromatic rings. The van der Waals surface area contributed by atoms with E-state index in [0.717, 1.165) is 17.2 Å². The van der Waals surface area contributed by atoms with E-state index in [-0.39, 0.29) is 19.1 Å². The number of nitrogens with zero attached hydrogens (tertiary/aromatic N) is 2. The van der Waals surface area contributed by atoms with Crippen LogP contribution in [0.25, 0.3) is 5.69 Å². The molecule has 3 rings (SSSR count). The molecule has 0 aliphatic rings. The number of carboxylic acids is 1. The predicted octanol–water partition coefficient (Wildman–Crippen LogP) is 3.02. The van der Waals surface area contributed by atoms with E-state index in [0.29, 0.717) is 5.69 Å². The quantitative estimate of drug-likeness (QED) is 0.591. The summed E-state index contributed by atoms with van der Waals surface area (Å²) in [6, 6.07) is 17.1. The number of para-hydroxylation sites is 1. The zero-order valence-electron chi connectivity index (χ0n) is 15.6. The summed E-state index contributed by atoms with van der Waals surface area (Å²) in [6.07, 6.45) is 2.29. The molecule has 1 aromatic heterocycles. The van der Waals surface area contributed by atoms with Gasteiger partial charge in [-0.15, -0.1) is 0 Å². The summed E-state index contributed by atoms with van der Waals surface area (Å²) in [4.78, 5) is 15.7. The maximum Gasteiger partial charge on any atom is 0.333 e. The van der Waals surface area contributed by atoms with Crippen molar-refractivity contribution < 1.29 is 19.4 Å². The van der Waals surface area contributed by atoms with Crippen LogP contribution in [-0.2, 0) is 16.0 Å². The van der Waals surface area contributed by atoms with Crippen LogP contribution < -0.4 is 10.5 Å². The number of benzene rings is 2. The Labute approximate surface area is 163 Å². The van der Waals surface area contributed by atoms with E-state index in [4.69, 9.17) is 15.2 Å². The fraction of sp³-hybridized carbons (Fsp3) is 0.238. The lowest BCUT2D eigenvalue weighted by Crippen LogP contribution is -2.33. The third kappa shape index (κ3) is 5.18. The molecule has 28 heavy (non-hydrogen) atoms. The molecule has 0 aliphatic heterocycles. The normalized spacial score (nSPS) is 13.1. The number of ether oxygens (including phenoxy) is 2. The highest BCUT2D eigenvalue weighted by atomic mass is 16.5. The van der Waals surface area contributed by atoms with Crippen molar-refractivity contribution in [2.24, 2.45) is 5.73 Å². The Morgan fingerprint density at radius 3 is 2.46 bits per heavy atom. The van der Waals surface area contributed by atoms with Gasteiger partial charge in [0.25, 0.3) is 0 Å². The fourth-order valence-corrected chi connectivity index (χ4v) is 2.64. The van der Waals surface area contributed by atoms with Crippen molar-refractivity contribution in [3.8, 4) is 17.2 Å². The molecule has 2 aromatic carbocycles. The summed E-state index contributed by atoms with van der Waals surface area (Å²) in [5.41, 5.74) is 7.02. The third-order valence-electron chi connectivity index (χ3n) is 4.15. The number of hydrogen-bond acceptors (Lipinski definition) is 5. The molecule has 2 atom stereocenters. The highest BCUT2D eigenvalue weighted by molar-refractivity contribution is 5.72. The zero-order chi connectivity index (χ0) is 19.9. The SMILES string of the molecule is CC(CN)OC(Cc1cn(-c2ccc(Oc3ccccc3)cc2)cn1)C(=O)O. The van der Waals surface area contributed by atoms with Gasteiger partial charge in [-0.05, 0) is 43.3 Å². The highest BCUT2D eigenvalue weighted by Gasteiger charge is 2.22. The second kappa shape index (κ2) is 9.16. The molecule has 0 amide bonds. The lowest BCUT2D eigenvalue weighted by Gasteiger charge is -2.17. The number of carbonyl (C=O) groups is 1. The summed E-state index contributed by atoms with van der Waals surface area (Å²) in [7, 11) is 0. The summed E-state index contributed by atoms with van der Waals surface area (Å²) in [5, 5.41) is 9.34. The van der Waals surface area contributed by atoms with Crippen LogP contribution in [0.15, 0.2) is 67.1 Å². The van der Waals surface area contributed by atoms with Crippen LogP contribution in [0, 0.1) is 0 Å². The Hall–Kier alpha value is -3.16. The molecule has 7 heteroatoms. The van der Waals surface area contributed by atoms with E-state index < -0.39 is 12.1 Å². The average Bonchev–Trinajstić information content (AvgIpc) is 3.17. The minimum atomic E-state index is -1.03. The largest absolute Gasteiger partial charge is 0.479 e. The van der Waals surface area contributed by atoms with Crippen molar-refractivity contribution in [2.75, 3.05) is 6.54 Å². The van der Waals surface area contributed by atoms with Crippen molar-refractivity contribution in [2.45, 2.75) is 25.6 Å². The molecule has 0 spiro atoms. The molecule has 0 bridgehead atoms. The molecule has 0 fully saturated rings. The maximum atomic E-state index is 11.4. The molecular formula is C21H23N3O4. The van der Waals surface area contributed by atoms with Crippen molar-refractivity contribution in [1.29, 1.82) is 0 Å².